The zero-order valence-corrected chi connectivity index (χ0v) is 43.9. The van der Waals surface area contributed by atoms with Crippen LogP contribution in [0.5, 0.6) is 5.75 Å². The molecule has 0 bridgehead atoms. The maximum atomic E-state index is 14.8. The number of amides is 4. The van der Waals surface area contributed by atoms with Gasteiger partial charge in [0, 0.05) is 43.9 Å². The van der Waals surface area contributed by atoms with Crippen LogP contribution in [0, 0.1) is 30.2 Å². The second-order valence-corrected chi connectivity index (χ2v) is 20.0. The summed E-state index contributed by atoms with van der Waals surface area (Å²) in [6, 6.07) is 30.9. The Morgan fingerprint density at radius 3 is 1.51 bits per heavy atom. The number of hydrogen-bond acceptors (Lipinski definition) is 7. The average molecular weight is 1090 g/mol. The lowest BCUT2D eigenvalue weighted by Gasteiger charge is -2.17. The molecule has 2 aromatic heterocycles. The lowest BCUT2D eigenvalue weighted by molar-refractivity contribution is 0.0762. The summed E-state index contributed by atoms with van der Waals surface area (Å²) in [5.41, 5.74) is 7.99. The largest absolute Gasteiger partial charge is 0.497 e. The Balaban J connectivity index is 0.000000184. The summed E-state index contributed by atoms with van der Waals surface area (Å²) in [5.74, 6) is -2.48. The van der Waals surface area contributed by atoms with E-state index < -0.39 is 23.3 Å². The summed E-state index contributed by atoms with van der Waals surface area (Å²) in [5, 5.41) is 2.93. The van der Waals surface area contributed by atoms with Gasteiger partial charge >= 0.3 is 0 Å². The van der Waals surface area contributed by atoms with E-state index in [9.17, 15) is 36.7 Å². The van der Waals surface area contributed by atoms with Crippen molar-refractivity contribution < 1.29 is 41.5 Å². The first-order chi connectivity index (χ1) is 37.2. The van der Waals surface area contributed by atoms with E-state index in [1.807, 2.05) is 59.2 Å². The van der Waals surface area contributed by atoms with Crippen LogP contribution in [0.15, 0.2) is 115 Å². The highest BCUT2D eigenvalue weighted by molar-refractivity contribution is 6.40. The summed E-state index contributed by atoms with van der Waals surface area (Å²) in [6.45, 7) is 5.88. The molecule has 0 unspecified atom stereocenters. The number of nitrogens with zero attached hydrogens (tertiary/aromatic N) is 5. The van der Waals surface area contributed by atoms with Crippen LogP contribution in [0.4, 0.5) is 17.6 Å². The van der Waals surface area contributed by atoms with Crippen molar-refractivity contribution >= 4 is 46.8 Å². The van der Waals surface area contributed by atoms with E-state index in [0.29, 0.717) is 64.2 Å². The summed E-state index contributed by atoms with van der Waals surface area (Å²) < 4.78 is 63.7. The first-order valence-corrected chi connectivity index (χ1v) is 26.4. The number of aryl methyl sites for hydroxylation is 1. The predicted molar refractivity (Wildman–Crippen MR) is 287 cm³/mol. The standard InChI is InChI=1S/C34H31F2N3O3.C25H21F2N3O2.CH2Cl2/c1-21-16-26(42-2)13-12-24(21)19-39-20-30-31(34(39)41)25(18-29(37-30)32-27(35)6-5-7-28(32)36)17-22-8-10-23(11-9-22)33(40)38-14-3-4-15-38;26-18-4-3-5-19(27)23(18)20-13-17(22-21(29-20)14-28-24(22)31)12-15-6-8-16(9-7-15)25(32)30-10-1-2-11-30;2-1-3/h5-13,16,18H,3-4,14-15,17,19-20H2,1-2H3;3-9,13H,1-2,10-12,14H2,(H,28,31);1H2. The zero-order valence-electron chi connectivity index (χ0n) is 42.4. The molecule has 2 fully saturated rings. The molecule has 0 atom stereocenters. The minimum Gasteiger partial charge on any atom is -0.497 e. The maximum absolute atomic E-state index is 14.8. The van der Waals surface area contributed by atoms with Crippen molar-refractivity contribution in [1.29, 1.82) is 0 Å². The molecule has 1 N–H and O–H groups in total. The number of hydrogen-bond donors (Lipinski definition) is 1. The SMILES string of the molecule is COc1ccc(CN2Cc3nc(-c4c(F)cccc4F)cc(Cc4ccc(C(=O)N5CCCC5)cc4)c3C2=O)c(C)c1.ClCCl.O=C1NCc2nc(-c3c(F)cccc3F)cc(Cc3ccc(C(=O)N4CCCC4)cc3)c21. The van der Waals surface area contributed by atoms with Gasteiger partial charge in [-0.2, -0.15) is 0 Å². The van der Waals surface area contributed by atoms with Crippen LogP contribution in [-0.2, 0) is 32.5 Å². The van der Waals surface area contributed by atoms with Crippen LogP contribution in [-0.4, -0.2) is 86.9 Å². The molecule has 396 valence electrons. The van der Waals surface area contributed by atoms with E-state index in [-0.39, 0.29) is 64.6 Å². The highest BCUT2D eigenvalue weighted by Gasteiger charge is 2.34. The fourth-order valence-electron chi connectivity index (χ4n) is 10.3. The fraction of sp³-hybridized carbons (Fsp3) is 0.267. The van der Waals surface area contributed by atoms with Crippen LogP contribution >= 0.6 is 23.2 Å². The minimum atomic E-state index is -0.715. The molecule has 11 rings (SSSR count). The van der Waals surface area contributed by atoms with E-state index in [0.717, 1.165) is 79.9 Å². The van der Waals surface area contributed by atoms with Gasteiger partial charge in [0.05, 0.1) is 70.6 Å². The number of likely N-dealkylation sites (tertiary alicyclic amines) is 2. The number of pyridine rings is 2. The molecular formula is C60H54Cl2F4N6O5. The van der Waals surface area contributed by atoms with Crippen molar-refractivity contribution in [3.63, 3.8) is 0 Å². The summed E-state index contributed by atoms with van der Waals surface area (Å²) in [7, 11) is 1.61. The number of ether oxygens (including phenoxy) is 1. The number of halogens is 6. The molecule has 11 nitrogen and oxygen atoms in total. The van der Waals surface area contributed by atoms with Gasteiger partial charge in [-0.15, -0.1) is 23.2 Å². The predicted octanol–water partition coefficient (Wildman–Crippen LogP) is 11.8. The molecule has 0 saturated carbocycles. The Hall–Kier alpha value is -7.62. The third-order valence-electron chi connectivity index (χ3n) is 14.2. The quantitative estimate of drug-likeness (QED) is 0.101. The average Bonchev–Trinajstić information content (AvgIpc) is 4.28. The Kier molecular flexibility index (Phi) is 17.0. The van der Waals surface area contributed by atoms with Crippen LogP contribution in [0.3, 0.4) is 0 Å². The number of carbonyl (C=O) groups is 4. The fourth-order valence-corrected chi connectivity index (χ4v) is 10.3. The monoisotopic (exact) mass is 1080 g/mol. The van der Waals surface area contributed by atoms with E-state index >= 15 is 0 Å². The van der Waals surface area contributed by atoms with E-state index in [1.54, 1.807) is 48.4 Å². The number of rotatable bonds is 11. The second kappa shape index (κ2) is 24.2. The molecule has 4 amide bonds. The van der Waals surface area contributed by atoms with Gasteiger partial charge in [-0.3, -0.25) is 19.2 Å². The summed E-state index contributed by atoms with van der Waals surface area (Å²) >= 11 is 9.53. The van der Waals surface area contributed by atoms with Crippen molar-refractivity contribution in [1.82, 2.24) is 30.0 Å². The Morgan fingerprint density at radius 2 is 1.05 bits per heavy atom. The molecule has 6 heterocycles. The number of carbonyl (C=O) groups excluding carboxylic acids is 4. The van der Waals surface area contributed by atoms with Crippen molar-refractivity contribution in [2.45, 2.75) is 65.1 Å². The third-order valence-corrected chi connectivity index (χ3v) is 14.2. The number of fused-ring (bicyclic) bond motifs is 2. The Bertz CT molecular complexity index is 3330. The first kappa shape index (κ1) is 54.2. The van der Waals surface area contributed by atoms with Gasteiger partial charge in [0.25, 0.3) is 23.6 Å². The van der Waals surface area contributed by atoms with Crippen LogP contribution in [0.2, 0.25) is 0 Å². The molecule has 5 aromatic carbocycles. The van der Waals surface area contributed by atoms with E-state index in [1.165, 1.54) is 36.4 Å². The van der Waals surface area contributed by atoms with Crippen LogP contribution in [0.25, 0.3) is 22.5 Å². The molecule has 0 spiro atoms. The number of methoxy groups -OCH3 is 1. The first-order valence-electron chi connectivity index (χ1n) is 25.3. The maximum Gasteiger partial charge on any atom is 0.256 e. The lowest BCUT2D eigenvalue weighted by atomic mass is 9.96. The number of aromatic nitrogens is 2. The van der Waals surface area contributed by atoms with Crippen LogP contribution < -0.4 is 10.1 Å². The molecule has 17 heteroatoms. The molecular weight excluding hydrogens is 1030 g/mol. The highest BCUT2D eigenvalue weighted by Crippen LogP contribution is 2.35. The molecule has 2 saturated heterocycles. The van der Waals surface area contributed by atoms with E-state index in [4.69, 9.17) is 27.9 Å². The van der Waals surface area contributed by atoms with Gasteiger partial charge in [-0.1, -0.05) is 42.5 Å². The summed E-state index contributed by atoms with van der Waals surface area (Å²) in [6.07, 6.45) is 4.82. The normalized spacial score (nSPS) is 14.4. The Labute approximate surface area is 453 Å². The highest BCUT2D eigenvalue weighted by atomic mass is 35.5. The van der Waals surface area contributed by atoms with E-state index in [2.05, 4.69) is 15.3 Å². The van der Waals surface area contributed by atoms with Crippen molar-refractivity contribution in [3.8, 4) is 28.3 Å². The van der Waals surface area contributed by atoms with Gasteiger partial charge in [-0.25, -0.2) is 27.5 Å². The van der Waals surface area contributed by atoms with Gasteiger partial charge in [-0.05, 0) is 152 Å². The van der Waals surface area contributed by atoms with Gasteiger partial charge in [0.15, 0.2) is 0 Å². The second-order valence-electron chi connectivity index (χ2n) is 19.2. The number of nitrogens with one attached hydrogen (secondary N) is 1. The smallest absolute Gasteiger partial charge is 0.256 e. The van der Waals surface area contributed by atoms with Crippen molar-refractivity contribution in [3.05, 3.63) is 206 Å². The van der Waals surface area contributed by atoms with Gasteiger partial charge in [0.2, 0.25) is 0 Å². The van der Waals surface area contributed by atoms with Gasteiger partial charge in [0.1, 0.15) is 29.0 Å². The number of benzene rings is 5. The molecule has 77 heavy (non-hydrogen) atoms. The Morgan fingerprint density at radius 1 is 0.597 bits per heavy atom. The van der Waals surface area contributed by atoms with Gasteiger partial charge < -0.3 is 24.8 Å². The topological polar surface area (TPSA) is 125 Å². The van der Waals surface area contributed by atoms with Crippen molar-refractivity contribution in [2.75, 3.05) is 38.6 Å². The number of alkyl halides is 2. The van der Waals surface area contributed by atoms with Crippen LogP contribution in [0.1, 0.15) is 112 Å². The molecule has 4 aliphatic heterocycles. The van der Waals surface area contributed by atoms with Crippen molar-refractivity contribution in [2.24, 2.45) is 0 Å². The summed E-state index contributed by atoms with van der Waals surface area (Å²) in [4.78, 5) is 66.0. The zero-order chi connectivity index (χ0) is 54.3. The molecule has 7 aromatic rings. The molecule has 4 aliphatic rings. The molecule has 0 aliphatic carbocycles. The minimum absolute atomic E-state index is 0.0146. The third kappa shape index (κ3) is 12.0. The molecule has 0 radical (unpaired) electrons. The lowest BCUT2D eigenvalue weighted by Crippen LogP contribution is -2.27.